The number of allylic oxidation sites excluding steroid dienone is 1. The molecule has 0 radical (unpaired) electrons. The van der Waals surface area contributed by atoms with Crippen LogP contribution < -0.4 is 4.74 Å². The number of benzene rings is 1. The number of aromatic nitrogens is 2. The lowest BCUT2D eigenvalue weighted by molar-refractivity contribution is 0.0285. The summed E-state index contributed by atoms with van der Waals surface area (Å²) in [6.07, 6.45) is 4.89. The van der Waals surface area contributed by atoms with Crippen molar-refractivity contribution < 1.29 is 14.3 Å². The van der Waals surface area contributed by atoms with Crippen LogP contribution in [0.1, 0.15) is 32.9 Å². The van der Waals surface area contributed by atoms with Gasteiger partial charge in [-0.15, -0.1) is 0 Å². The number of nitrogens with one attached hydrogen (secondary N) is 1. The minimum absolute atomic E-state index is 0.210. The monoisotopic (exact) mass is 431 g/mol. The average Bonchev–Trinajstić information content (AvgIpc) is 3.44. The third kappa shape index (κ3) is 3.74. The molecular formula is C26H29N3O3. The lowest BCUT2D eigenvalue weighted by atomic mass is 9.99. The Labute approximate surface area is 188 Å². The molecule has 1 saturated heterocycles. The summed E-state index contributed by atoms with van der Waals surface area (Å²) < 4.78 is 11.1. The van der Waals surface area contributed by atoms with Gasteiger partial charge in [-0.1, -0.05) is 24.3 Å². The van der Waals surface area contributed by atoms with E-state index in [1.54, 1.807) is 7.11 Å². The van der Waals surface area contributed by atoms with Crippen molar-refractivity contribution in [1.82, 2.24) is 14.9 Å². The number of methoxy groups -OCH3 is 1. The Kier molecular flexibility index (Phi) is 4.96. The predicted molar refractivity (Wildman–Crippen MR) is 125 cm³/mol. The summed E-state index contributed by atoms with van der Waals surface area (Å²) in [6.45, 7) is 7.17. The minimum atomic E-state index is -0.466. The van der Waals surface area contributed by atoms with Crippen LogP contribution in [0.3, 0.4) is 0 Å². The van der Waals surface area contributed by atoms with E-state index in [1.165, 1.54) is 5.57 Å². The Morgan fingerprint density at radius 2 is 1.97 bits per heavy atom. The summed E-state index contributed by atoms with van der Waals surface area (Å²) in [5.74, 6) is 1.65. The molecule has 166 valence electrons. The molecule has 6 nitrogen and oxygen atoms in total. The highest BCUT2D eigenvalue weighted by Gasteiger charge is 2.40. The summed E-state index contributed by atoms with van der Waals surface area (Å²) in [7, 11) is 1.70. The van der Waals surface area contributed by atoms with Gasteiger partial charge < -0.3 is 19.4 Å². The molecule has 1 aliphatic heterocycles. The van der Waals surface area contributed by atoms with Gasteiger partial charge in [-0.05, 0) is 62.4 Å². The van der Waals surface area contributed by atoms with Crippen molar-refractivity contribution in [2.24, 2.45) is 11.8 Å². The summed E-state index contributed by atoms with van der Waals surface area (Å²) >= 11 is 0. The number of carbonyl (C=O) groups excluding carboxylic acids is 1. The van der Waals surface area contributed by atoms with Gasteiger partial charge >= 0.3 is 6.09 Å². The molecule has 0 spiro atoms. The number of hydrogen-bond donors (Lipinski definition) is 1. The van der Waals surface area contributed by atoms with Crippen LogP contribution >= 0.6 is 0 Å². The Balaban J connectivity index is 1.40. The zero-order chi connectivity index (χ0) is 22.5. The van der Waals surface area contributed by atoms with Gasteiger partial charge in [0.1, 0.15) is 17.0 Å². The standard InChI is InChI=1S/C26H29N3O3/c1-26(2,3)32-25(30)29-14-17-11-16(12-18(17)15-29)22-13-21-19(9-10-27-24(21)28-22)20-7-5-6-8-23(20)31-4/h5-11,13,17-18H,12,14-15H2,1-4H3,(H,27,28). The first-order valence-corrected chi connectivity index (χ1v) is 11.1. The quantitative estimate of drug-likeness (QED) is 0.594. The van der Waals surface area contributed by atoms with Crippen molar-refractivity contribution in [3.05, 3.63) is 54.4 Å². The second-order valence-corrected chi connectivity index (χ2v) is 9.71. The number of para-hydroxylation sites is 1. The maximum absolute atomic E-state index is 12.4. The van der Waals surface area contributed by atoms with Gasteiger partial charge in [0.25, 0.3) is 0 Å². The molecule has 2 aromatic heterocycles. The summed E-state index contributed by atoms with van der Waals surface area (Å²) in [5.41, 5.74) is 4.97. The van der Waals surface area contributed by atoms with Crippen molar-refractivity contribution in [3.8, 4) is 16.9 Å². The molecule has 2 aliphatic rings. The maximum atomic E-state index is 12.4. The molecule has 5 rings (SSSR count). The first-order chi connectivity index (χ1) is 15.3. The van der Waals surface area contributed by atoms with Gasteiger partial charge in [-0.25, -0.2) is 9.78 Å². The molecule has 0 bridgehead atoms. The molecule has 6 heteroatoms. The molecule has 3 aromatic rings. The van der Waals surface area contributed by atoms with E-state index in [2.05, 4.69) is 28.2 Å². The van der Waals surface area contributed by atoms with E-state index in [1.807, 2.05) is 56.1 Å². The van der Waals surface area contributed by atoms with Crippen LogP contribution in [0, 0.1) is 11.8 Å². The first kappa shape index (κ1) is 20.6. The molecule has 32 heavy (non-hydrogen) atoms. The minimum Gasteiger partial charge on any atom is -0.496 e. The third-order valence-electron chi connectivity index (χ3n) is 6.32. The van der Waals surface area contributed by atoms with Crippen LogP contribution in [0.4, 0.5) is 4.79 Å². The first-order valence-electron chi connectivity index (χ1n) is 11.1. The Hall–Kier alpha value is -3.28. The van der Waals surface area contributed by atoms with E-state index in [9.17, 15) is 4.79 Å². The number of rotatable bonds is 3. The normalized spacial score (nSPS) is 20.4. The number of hydrogen-bond acceptors (Lipinski definition) is 4. The highest BCUT2D eigenvalue weighted by Crippen LogP contribution is 2.42. The molecule has 0 saturated carbocycles. The average molecular weight is 432 g/mol. The fourth-order valence-electron chi connectivity index (χ4n) is 4.89. The Bertz CT molecular complexity index is 1200. The molecular weight excluding hydrogens is 402 g/mol. The SMILES string of the molecule is COc1ccccc1-c1ccnc2[nH]c(C3=CC4CN(C(=O)OC(C)(C)C)CC4C3)cc12. The van der Waals surface area contributed by atoms with Gasteiger partial charge in [0.15, 0.2) is 0 Å². The van der Waals surface area contributed by atoms with Crippen molar-refractivity contribution in [3.63, 3.8) is 0 Å². The molecule has 1 N–H and O–H groups in total. The van der Waals surface area contributed by atoms with Crippen molar-refractivity contribution >= 4 is 22.7 Å². The van der Waals surface area contributed by atoms with E-state index in [-0.39, 0.29) is 6.09 Å². The van der Waals surface area contributed by atoms with Gasteiger partial charge in [0, 0.05) is 41.8 Å². The Morgan fingerprint density at radius 1 is 1.16 bits per heavy atom. The third-order valence-corrected chi connectivity index (χ3v) is 6.32. The van der Waals surface area contributed by atoms with E-state index in [4.69, 9.17) is 9.47 Å². The number of ether oxygens (including phenoxy) is 2. The highest BCUT2D eigenvalue weighted by molar-refractivity contribution is 5.96. The van der Waals surface area contributed by atoms with Crippen molar-refractivity contribution in [2.45, 2.75) is 32.8 Å². The number of carbonyl (C=O) groups is 1. The molecule has 1 amide bonds. The van der Waals surface area contributed by atoms with E-state index in [0.29, 0.717) is 18.4 Å². The molecule has 2 unspecified atom stereocenters. The fraction of sp³-hybridized carbons (Fsp3) is 0.385. The summed E-state index contributed by atoms with van der Waals surface area (Å²) in [4.78, 5) is 22.4. The molecule has 3 heterocycles. The van der Waals surface area contributed by atoms with Crippen LogP contribution in [0.5, 0.6) is 5.75 Å². The Morgan fingerprint density at radius 3 is 2.72 bits per heavy atom. The second-order valence-electron chi connectivity index (χ2n) is 9.71. The number of H-pyrrole nitrogens is 1. The fourth-order valence-corrected chi connectivity index (χ4v) is 4.89. The number of likely N-dealkylation sites (tertiary alicyclic amines) is 1. The van der Waals surface area contributed by atoms with Crippen LogP contribution in [0.15, 0.2) is 48.7 Å². The number of nitrogens with zero attached hydrogens (tertiary/aromatic N) is 2. The maximum Gasteiger partial charge on any atom is 0.410 e. The highest BCUT2D eigenvalue weighted by atomic mass is 16.6. The van der Waals surface area contributed by atoms with Gasteiger partial charge in [0.05, 0.1) is 7.11 Å². The van der Waals surface area contributed by atoms with Crippen LogP contribution in [0.25, 0.3) is 27.7 Å². The van der Waals surface area contributed by atoms with E-state index < -0.39 is 5.60 Å². The van der Waals surface area contributed by atoms with Gasteiger partial charge in [-0.3, -0.25) is 0 Å². The summed E-state index contributed by atoms with van der Waals surface area (Å²) in [5, 5.41) is 1.08. The number of fused-ring (bicyclic) bond motifs is 2. The molecule has 2 atom stereocenters. The number of pyridine rings is 1. The zero-order valence-electron chi connectivity index (χ0n) is 19.0. The topological polar surface area (TPSA) is 67.5 Å². The number of aromatic amines is 1. The molecule has 1 fully saturated rings. The largest absolute Gasteiger partial charge is 0.496 e. The van der Waals surface area contributed by atoms with Gasteiger partial charge in [-0.2, -0.15) is 0 Å². The molecule has 1 aromatic carbocycles. The van der Waals surface area contributed by atoms with Gasteiger partial charge in [0.2, 0.25) is 0 Å². The van der Waals surface area contributed by atoms with Crippen LogP contribution in [-0.4, -0.2) is 46.8 Å². The van der Waals surface area contributed by atoms with Crippen molar-refractivity contribution in [1.29, 1.82) is 0 Å². The number of amides is 1. The lowest BCUT2D eigenvalue weighted by Gasteiger charge is -2.24. The predicted octanol–water partition coefficient (Wildman–Crippen LogP) is 5.51. The van der Waals surface area contributed by atoms with E-state index >= 15 is 0 Å². The lowest BCUT2D eigenvalue weighted by Crippen LogP contribution is -2.35. The van der Waals surface area contributed by atoms with Crippen molar-refractivity contribution in [2.75, 3.05) is 20.2 Å². The van der Waals surface area contributed by atoms with Crippen LogP contribution in [0.2, 0.25) is 0 Å². The smallest absolute Gasteiger partial charge is 0.410 e. The molecule has 1 aliphatic carbocycles. The zero-order valence-corrected chi connectivity index (χ0v) is 19.0. The van der Waals surface area contributed by atoms with Crippen LogP contribution in [-0.2, 0) is 4.74 Å². The summed E-state index contributed by atoms with van der Waals surface area (Å²) in [6, 6.07) is 12.3. The second kappa shape index (κ2) is 7.69. The van der Waals surface area contributed by atoms with E-state index in [0.717, 1.165) is 46.6 Å².